The zero-order chi connectivity index (χ0) is 19.0. The van der Waals surface area contributed by atoms with E-state index < -0.39 is 10.0 Å². The van der Waals surface area contributed by atoms with Gasteiger partial charge in [0.25, 0.3) is 10.0 Å². The number of nitrogens with zero attached hydrogens (tertiary/aromatic N) is 2. The van der Waals surface area contributed by atoms with E-state index in [9.17, 15) is 8.42 Å². The summed E-state index contributed by atoms with van der Waals surface area (Å²) in [5, 5.41) is 0.487. The molecule has 7 heteroatoms. The minimum Gasteiger partial charge on any atom is -0.306 e. The highest BCUT2D eigenvalue weighted by Crippen LogP contribution is 2.23. The van der Waals surface area contributed by atoms with Crippen LogP contribution in [0.1, 0.15) is 5.56 Å². The van der Waals surface area contributed by atoms with Crippen LogP contribution in [-0.4, -0.2) is 17.8 Å². The van der Waals surface area contributed by atoms with Crippen LogP contribution in [0.3, 0.4) is 0 Å². The third kappa shape index (κ3) is 3.67. The Balaban J connectivity index is 1.58. The summed E-state index contributed by atoms with van der Waals surface area (Å²) < 4.78 is 29.4. The second-order valence-corrected chi connectivity index (χ2v) is 8.35. The fraction of sp³-hybridized carbons (Fsp3) is 0.0500. The molecule has 0 atom stereocenters. The number of fused-ring (bicyclic) bond motifs is 1. The van der Waals surface area contributed by atoms with E-state index in [0.29, 0.717) is 10.7 Å². The van der Waals surface area contributed by atoms with E-state index in [1.807, 2.05) is 48.0 Å². The lowest BCUT2D eigenvalue weighted by Gasteiger charge is -2.08. The van der Waals surface area contributed by atoms with E-state index in [0.717, 1.165) is 22.5 Å². The van der Waals surface area contributed by atoms with E-state index >= 15 is 0 Å². The molecule has 1 N–H and O–H groups in total. The van der Waals surface area contributed by atoms with Crippen molar-refractivity contribution in [1.29, 1.82) is 0 Å². The van der Waals surface area contributed by atoms with Gasteiger partial charge in [0, 0.05) is 28.7 Å². The number of sulfonamides is 1. The quantitative estimate of drug-likeness (QED) is 0.539. The first-order valence-corrected chi connectivity index (χ1v) is 10.1. The van der Waals surface area contributed by atoms with E-state index in [-0.39, 0.29) is 4.90 Å². The Morgan fingerprint density at radius 3 is 2.41 bits per heavy atom. The molecule has 0 radical (unpaired) electrons. The molecule has 0 aliphatic heterocycles. The zero-order valence-electron chi connectivity index (χ0n) is 14.4. The van der Waals surface area contributed by atoms with Crippen molar-refractivity contribution in [2.24, 2.45) is 0 Å². The predicted octanol–water partition coefficient (Wildman–Crippen LogP) is 4.76. The predicted molar refractivity (Wildman–Crippen MR) is 108 cm³/mol. The van der Waals surface area contributed by atoms with Crippen LogP contribution in [0, 0.1) is 6.92 Å². The van der Waals surface area contributed by atoms with Gasteiger partial charge in [0.1, 0.15) is 5.65 Å². The van der Waals surface area contributed by atoms with Crippen molar-refractivity contribution < 1.29 is 8.42 Å². The number of pyridine rings is 1. The number of aromatic nitrogens is 2. The largest absolute Gasteiger partial charge is 0.306 e. The molecule has 136 valence electrons. The number of hydrogen-bond acceptors (Lipinski definition) is 3. The van der Waals surface area contributed by atoms with Crippen molar-refractivity contribution in [2.45, 2.75) is 11.8 Å². The smallest absolute Gasteiger partial charge is 0.261 e. The third-order valence-corrected chi connectivity index (χ3v) is 5.82. The van der Waals surface area contributed by atoms with Crippen molar-refractivity contribution in [3.8, 4) is 11.3 Å². The van der Waals surface area contributed by atoms with E-state index in [1.165, 1.54) is 12.1 Å². The average molecular weight is 398 g/mol. The van der Waals surface area contributed by atoms with E-state index in [1.54, 1.807) is 24.3 Å². The van der Waals surface area contributed by atoms with Crippen LogP contribution in [-0.2, 0) is 10.0 Å². The zero-order valence-corrected chi connectivity index (χ0v) is 16.0. The fourth-order valence-electron chi connectivity index (χ4n) is 2.76. The first-order valence-electron chi connectivity index (χ1n) is 8.25. The van der Waals surface area contributed by atoms with E-state index in [4.69, 9.17) is 11.6 Å². The molecule has 4 aromatic rings. The lowest BCUT2D eigenvalue weighted by atomic mass is 10.1. The van der Waals surface area contributed by atoms with E-state index in [2.05, 4.69) is 9.71 Å². The molecule has 0 fully saturated rings. The van der Waals surface area contributed by atoms with Gasteiger partial charge >= 0.3 is 0 Å². The maximum Gasteiger partial charge on any atom is 0.261 e. The second-order valence-electron chi connectivity index (χ2n) is 6.23. The number of nitrogens with one attached hydrogen (secondary N) is 1. The Morgan fingerprint density at radius 1 is 1.00 bits per heavy atom. The molecule has 0 saturated heterocycles. The van der Waals surface area contributed by atoms with Gasteiger partial charge in [-0.2, -0.15) is 0 Å². The molecule has 0 amide bonds. The SMILES string of the molecule is Cc1ccn2cc(-c3ccc(NS(=O)(=O)c4ccc(Cl)cc4)cc3)nc2c1. The summed E-state index contributed by atoms with van der Waals surface area (Å²) in [6, 6.07) is 17.2. The molecule has 0 spiro atoms. The highest BCUT2D eigenvalue weighted by molar-refractivity contribution is 7.92. The van der Waals surface area contributed by atoms with Crippen LogP contribution >= 0.6 is 11.6 Å². The highest BCUT2D eigenvalue weighted by Gasteiger charge is 2.14. The van der Waals surface area contributed by atoms with Gasteiger partial charge in [0.15, 0.2) is 0 Å². The summed E-state index contributed by atoms with van der Waals surface area (Å²) in [7, 11) is -3.66. The molecule has 0 bridgehead atoms. The first-order chi connectivity index (χ1) is 12.9. The summed E-state index contributed by atoms with van der Waals surface area (Å²) in [6.45, 7) is 2.02. The molecule has 0 unspecified atom stereocenters. The van der Waals surface area contributed by atoms with Crippen LogP contribution in [0.4, 0.5) is 5.69 Å². The summed E-state index contributed by atoms with van der Waals surface area (Å²) in [6.07, 6.45) is 3.91. The summed E-state index contributed by atoms with van der Waals surface area (Å²) in [5.41, 5.74) is 4.23. The molecule has 2 aromatic heterocycles. The van der Waals surface area contributed by atoms with Crippen LogP contribution in [0.5, 0.6) is 0 Å². The van der Waals surface area contributed by atoms with Gasteiger partial charge in [0.2, 0.25) is 0 Å². The summed E-state index contributed by atoms with van der Waals surface area (Å²) in [5.74, 6) is 0. The van der Waals surface area contributed by atoms with Crippen molar-refractivity contribution in [3.63, 3.8) is 0 Å². The normalized spacial score (nSPS) is 11.6. The van der Waals surface area contributed by atoms with Gasteiger partial charge in [0.05, 0.1) is 10.6 Å². The van der Waals surface area contributed by atoms with Gasteiger partial charge in [-0.1, -0.05) is 23.7 Å². The first kappa shape index (κ1) is 17.6. The fourth-order valence-corrected chi connectivity index (χ4v) is 3.94. The molecule has 4 rings (SSSR count). The van der Waals surface area contributed by atoms with Crippen molar-refractivity contribution in [3.05, 3.63) is 83.6 Å². The number of anilines is 1. The monoisotopic (exact) mass is 397 g/mol. The number of benzene rings is 2. The lowest BCUT2D eigenvalue weighted by Crippen LogP contribution is -2.12. The molecular weight excluding hydrogens is 382 g/mol. The summed E-state index contributed by atoms with van der Waals surface area (Å²) >= 11 is 5.81. The number of rotatable bonds is 4. The van der Waals surface area contributed by atoms with Gasteiger partial charge < -0.3 is 4.40 Å². The standard InChI is InChI=1S/C20H16ClN3O2S/c1-14-10-11-24-13-19(22-20(24)12-14)15-2-6-17(7-3-15)23-27(25,26)18-8-4-16(21)5-9-18/h2-13,23H,1H3. The maximum absolute atomic E-state index is 12.4. The second kappa shape index (κ2) is 6.72. The Labute approximate surface area is 162 Å². The van der Waals surface area contributed by atoms with Crippen LogP contribution < -0.4 is 4.72 Å². The Kier molecular flexibility index (Phi) is 4.37. The number of aryl methyl sites for hydroxylation is 1. The molecular formula is C20H16ClN3O2S. The number of halogens is 1. The molecule has 0 aliphatic rings. The van der Waals surface area contributed by atoms with Crippen LogP contribution in [0.25, 0.3) is 16.9 Å². The number of imidazole rings is 1. The third-order valence-electron chi connectivity index (χ3n) is 4.17. The highest BCUT2D eigenvalue weighted by atomic mass is 35.5. The van der Waals surface area contributed by atoms with Gasteiger partial charge in [-0.15, -0.1) is 0 Å². The van der Waals surface area contributed by atoms with Gasteiger partial charge in [-0.3, -0.25) is 4.72 Å². The Morgan fingerprint density at radius 2 is 1.70 bits per heavy atom. The molecule has 2 aromatic carbocycles. The van der Waals surface area contributed by atoms with Gasteiger partial charge in [-0.25, -0.2) is 13.4 Å². The molecule has 0 saturated carbocycles. The molecule has 0 aliphatic carbocycles. The maximum atomic E-state index is 12.4. The van der Waals surface area contributed by atoms with Crippen molar-refractivity contribution in [1.82, 2.24) is 9.38 Å². The average Bonchev–Trinajstić information content (AvgIpc) is 3.05. The minimum atomic E-state index is -3.66. The molecule has 27 heavy (non-hydrogen) atoms. The lowest BCUT2D eigenvalue weighted by molar-refractivity contribution is 0.601. The molecule has 2 heterocycles. The minimum absolute atomic E-state index is 0.159. The Hall–Kier alpha value is -2.83. The number of hydrogen-bond donors (Lipinski definition) is 1. The Bertz CT molecular complexity index is 1210. The van der Waals surface area contributed by atoms with Crippen molar-refractivity contribution in [2.75, 3.05) is 4.72 Å². The summed E-state index contributed by atoms with van der Waals surface area (Å²) in [4.78, 5) is 4.77. The van der Waals surface area contributed by atoms with Crippen LogP contribution in [0.15, 0.2) is 78.0 Å². The topological polar surface area (TPSA) is 63.5 Å². The van der Waals surface area contributed by atoms with Crippen molar-refractivity contribution >= 4 is 33.0 Å². The van der Waals surface area contributed by atoms with Gasteiger partial charge in [-0.05, 0) is 61.0 Å². The van der Waals surface area contributed by atoms with Crippen LogP contribution in [0.2, 0.25) is 5.02 Å². The molecule has 5 nitrogen and oxygen atoms in total.